The zero-order valence-electron chi connectivity index (χ0n) is 16.3. The molecule has 9 heteroatoms. The Morgan fingerprint density at radius 3 is 2.79 bits per heavy atom. The molecule has 2 saturated heterocycles. The van der Waals surface area contributed by atoms with Crippen molar-refractivity contribution in [2.24, 2.45) is 5.92 Å². The Kier molecular flexibility index (Phi) is 7.62. The largest absolute Gasteiger partial charge is 0.378 e. The summed E-state index contributed by atoms with van der Waals surface area (Å²) in [5.74, 6) is 0.774. The summed E-state index contributed by atoms with van der Waals surface area (Å²) >= 11 is 1.69. The highest BCUT2D eigenvalue weighted by molar-refractivity contribution is 7.22. The zero-order chi connectivity index (χ0) is 18.2. The van der Waals surface area contributed by atoms with Gasteiger partial charge in [0.15, 0.2) is 5.13 Å². The van der Waals surface area contributed by atoms with Crippen LogP contribution in [0.15, 0.2) is 18.2 Å². The number of aromatic nitrogens is 1. The number of morpholine rings is 1. The van der Waals surface area contributed by atoms with Gasteiger partial charge in [0.05, 0.1) is 29.5 Å². The minimum absolute atomic E-state index is 0. The minimum Gasteiger partial charge on any atom is -0.378 e. The third kappa shape index (κ3) is 4.80. The standard InChI is InChI=1S/C20H26N4O2S.2ClH/c25-19(17-11-13-3-1-2-4-15(13)22-17)21-14-5-6-16-18(12-14)27-20(23-16)24-7-9-26-10-8-24;;/h5-6,12-13,15,17,22H,1-4,7-11H2,(H,21,25);2*1H. The molecule has 1 aromatic carbocycles. The van der Waals surface area contributed by atoms with Crippen LogP contribution in [-0.4, -0.2) is 49.3 Å². The van der Waals surface area contributed by atoms with Gasteiger partial charge in [0.1, 0.15) is 0 Å². The third-order valence-corrected chi connectivity index (χ3v) is 7.18. The number of anilines is 2. The van der Waals surface area contributed by atoms with Crippen LogP contribution in [0.2, 0.25) is 0 Å². The van der Waals surface area contributed by atoms with E-state index in [1.54, 1.807) is 11.3 Å². The molecule has 1 saturated carbocycles. The highest BCUT2D eigenvalue weighted by Crippen LogP contribution is 2.34. The van der Waals surface area contributed by atoms with E-state index in [1.165, 1.54) is 25.7 Å². The molecule has 3 fully saturated rings. The molecule has 6 nitrogen and oxygen atoms in total. The van der Waals surface area contributed by atoms with E-state index < -0.39 is 0 Å². The maximum atomic E-state index is 12.7. The first-order valence-electron chi connectivity index (χ1n) is 10.1. The van der Waals surface area contributed by atoms with Crippen molar-refractivity contribution in [2.45, 2.75) is 44.2 Å². The summed E-state index contributed by atoms with van der Waals surface area (Å²) in [6, 6.07) is 6.50. The lowest BCUT2D eigenvalue weighted by molar-refractivity contribution is -0.117. The third-order valence-electron chi connectivity index (χ3n) is 6.11. The van der Waals surface area contributed by atoms with Crippen LogP contribution >= 0.6 is 36.2 Å². The second kappa shape index (κ2) is 9.79. The lowest BCUT2D eigenvalue weighted by atomic mass is 9.85. The van der Waals surface area contributed by atoms with E-state index in [0.29, 0.717) is 12.0 Å². The topological polar surface area (TPSA) is 66.5 Å². The van der Waals surface area contributed by atoms with Gasteiger partial charge >= 0.3 is 0 Å². The van der Waals surface area contributed by atoms with Crippen molar-refractivity contribution < 1.29 is 9.53 Å². The van der Waals surface area contributed by atoms with Gasteiger partial charge in [0, 0.05) is 24.8 Å². The predicted molar refractivity (Wildman–Crippen MR) is 123 cm³/mol. The highest BCUT2D eigenvalue weighted by atomic mass is 35.5. The van der Waals surface area contributed by atoms with E-state index in [9.17, 15) is 4.79 Å². The maximum absolute atomic E-state index is 12.7. The average Bonchev–Trinajstić information content (AvgIpc) is 3.32. The smallest absolute Gasteiger partial charge is 0.241 e. The maximum Gasteiger partial charge on any atom is 0.241 e. The van der Waals surface area contributed by atoms with Crippen LogP contribution < -0.4 is 15.5 Å². The quantitative estimate of drug-likeness (QED) is 0.731. The van der Waals surface area contributed by atoms with E-state index in [2.05, 4.69) is 21.6 Å². The SMILES string of the molecule is Cl.Cl.O=C(Nc1ccc2nc(N3CCOCC3)sc2c1)C1CC2CCCCC2N1. The van der Waals surface area contributed by atoms with Crippen molar-refractivity contribution in [3.05, 3.63) is 18.2 Å². The first-order chi connectivity index (χ1) is 13.3. The molecule has 29 heavy (non-hydrogen) atoms. The highest BCUT2D eigenvalue weighted by Gasteiger charge is 2.38. The second-order valence-corrected chi connectivity index (χ2v) is 8.88. The van der Waals surface area contributed by atoms with Crippen LogP contribution in [0.1, 0.15) is 32.1 Å². The molecule has 160 valence electrons. The molecule has 0 spiro atoms. The van der Waals surface area contributed by atoms with Crippen molar-refractivity contribution >= 4 is 63.1 Å². The van der Waals surface area contributed by atoms with E-state index in [-0.39, 0.29) is 36.8 Å². The Hall–Kier alpha value is -1.12. The molecule has 3 heterocycles. The van der Waals surface area contributed by atoms with Crippen molar-refractivity contribution in [1.29, 1.82) is 0 Å². The Balaban J connectivity index is 0.00000120. The van der Waals surface area contributed by atoms with E-state index >= 15 is 0 Å². The summed E-state index contributed by atoms with van der Waals surface area (Å²) in [4.78, 5) is 19.8. The predicted octanol–water partition coefficient (Wildman–Crippen LogP) is 3.84. The molecule has 3 aliphatic rings. The Labute approximate surface area is 187 Å². The molecule has 3 atom stereocenters. The summed E-state index contributed by atoms with van der Waals surface area (Å²) < 4.78 is 6.54. The summed E-state index contributed by atoms with van der Waals surface area (Å²) in [5, 5.41) is 7.72. The molecule has 2 aliphatic heterocycles. The number of nitrogens with one attached hydrogen (secondary N) is 2. The van der Waals surface area contributed by atoms with Crippen LogP contribution in [-0.2, 0) is 9.53 Å². The molecular formula is C20H28Cl2N4O2S. The molecule has 1 aromatic heterocycles. The van der Waals surface area contributed by atoms with E-state index in [4.69, 9.17) is 9.72 Å². The molecule has 0 radical (unpaired) electrons. The number of halogens is 2. The normalized spacial score (nSPS) is 26.3. The number of nitrogens with zero attached hydrogens (tertiary/aromatic N) is 2. The number of hydrogen-bond donors (Lipinski definition) is 2. The lowest BCUT2D eigenvalue weighted by Gasteiger charge is -2.25. The molecule has 1 amide bonds. The fourth-order valence-electron chi connectivity index (χ4n) is 4.63. The van der Waals surface area contributed by atoms with Gasteiger partial charge in [-0.15, -0.1) is 24.8 Å². The van der Waals surface area contributed by atoms with Crippen LogP contribution in [0.4, 0.5) is 10.8 Å². The Morgan fingerprint density at radius 2 is 2.00 bits per heavy atom. The lowest BCUT2D eigenvalue weighted by Crippen LogP contribution is -2.39. The molecular weight excluding hydrogens is 431 g/mol. The fraction of sp³-hybridized carbons (Fsp3) is 0.600. The van der Waals surface area contributed by atoms with Crippen molar-refractivity contribution in [1.82, 2.24) is 10.3 Å². The van der Waals surface area contributed by atoms with Gasteiger partial charge in [-0.25, -0.2) is 4.98 Å². The summed E-state index contributed by atoms with van der Waals surface area (Å²) in [6.45, 7) is 3.29. The van der Waals surface area contributed by atoms with Crippen molar-refractivity contribution in [3.8, 4) is 0 Å². The summed E-state index contributed by atoms with van der Waals surface area (Å²) in [7, 11) is 0. The van der Waals surface area contributed by atoms with Gasteiger partial charge in [-0.3, -0.25) is 4.79 Å². The van der Waals surface area contributed by atoms with Crippen LogP contribution in [0.25, 0.3) is 10.2 Å². The van der Waals surface area contributed by atoms with Gasteiger partial charge in [0.25, 0.3) is 0 Å². The molecule has 2 N–H and O–H groups in total. The number of rotatable bonds is 3. The van der Waals surface area contributed by atoms with Crippen LogP contribution in [0, 0.1) is 5.92 Å². The summed E-state index contributed by atoms with van der Waals surface area (Å²) in [6.07, 6.45) is 6.05. The number of fused-ring (bicyclic) bond motifs is 2. The number of carbonyl (C=O) groups excluding carboxylic acids is 1. The van der Waals surface area contributed by atoms with E-state index in [0.717, 1.165) is 53.8 Å². The first kappa shape index (κ1) is 22.6. The molecule has 1 aliphatic carbocycles. The van der Waals surface area contributed by atoms with E-state index in [1.807, 2.05) is 12.1 Å². The van der Waals surface area contributed by atoms with Gasteiger partial charge in [-0.2, -0.15) is 0 Å². The van der Waals surface area contributed by atoms with Gasteiger partial charge in [0.2, 0.25) is 5.91 Å². The van der Waals surface area contributed by atoms with Gasteiger partial charge in [-0.1, -0.05) is 24.2 Å². The van der Waals surface area contributed by atoms with Crippen molar-refractivity contribution in [2.75, 3.05) is 36.5 Å². The molecule has 0 bridgehead atoms. The van der Waals surface area contributed by atoms with Gasteiger partial charge < -0.3 is 20.3 Å². The average molecular weight is 459 g/mol. The monoisotopic (exact) mass is 458 g/mol. The van der Waals surface area contributed by atoms with Crippen molar-refractivity contribution in [3.63, 3.8) is 0 Å². The Bertz CT molecular complexity index is 829. The zero-order valence-corrected chi connectivity index (χ0v) is 18.7. The Morgan fingerprint density at radius 1 is 1.21 bits per heavy atom. The first-order valence-corrected chi connectivity index (χ1v) is 10.9. The van der Waals surface area contributed by atoms with Gasteiger partial charge in [-0.05, 0) is 43.4 Å². The number of thiazole rings is 1. The minimum atomic E-state index is -0.0563. The molecule has 2 aromatic rings. The van der Waals surface area contributed by atoms with Crippen LogP contribution in [0.5, 0.6) is 0 Å². The second-order valence-electron chi connectivity index (χ2n) is 7.87. The molecule has 3 unspecified atom stereocenters. The number of ether oxygens (including phenoxy) is 1. The summed E-state index contributed by atoms with van der Waals surface area (Å²) in [5.41, 5.74) is 1.85. The van der Waals surface area contributed by atoms with Crippen LogP contribution in [0.3, 0.4) is 0 Å². The number of amides is 1. The molecule has 5 rings (SSSR count). The number of carbonyl (C=O) groups is 1. The number of hydrogen-bond acceptors (Lipinski definition) is 6. The fourth-order valence-corrected chi connectivity index (χ4v) is 5.69. The number of benzene rings is 1.